The van der Waals surface area contributed by atoms with Crippen molar-refractivity contribution in [2.45, 2.75) is 51.5 Å². The Morgan fingerprint density at radius 1 is 1.34 bits per heavy atom. The van der Waals surface area contributed by atoms with Crippen LogP contribution in [-0.2, 0) is 16.1 Å². The molecule has 1 saturated carbocycles. The van der Waals surface area contributed by atoms with Gasteiger partial charge in [0.2, 0.25) is 11.8 Å². The summed E-state index contributed by atoms with van der Waals surface area (Å²) in [7, 11) is 0. The number of aromatic nitrogens is 3. The summed E-state index contributed by atoms with van der Waals surface area (Å²) in [4.78, 5) is 39.2. The number of carbonyl (C=O) groups is 2. The van der Waals surface area contributed by atoms with E-state index in [1.807, 2.05) is 13.8 Å². The molecular formula is C22H26F3N5O5. The van der Waals surface area contributed by atoms with Crippen LogP contribution in [0.4, 0.5) is 13.2 Å². The van der Waals surface area contributed by atoms with Crippen LogP contribution in [-0.4, -0.2) is 74.0 Å². The van der Waals surface area contributed by atoms with Crippen molar-refractivity contribution >= 4 is 23.5 Å². The Morgan fingerprint density at radius 2 is 2.06 bits per heavy atom. The summed E-state index contributed by atoms with van der Waals surface area (Å²) in [5.74, 6) is -2.27. The van der Waals surface area contributed by atoms with Gasteiger partial charge in [-0.05, 0) is 24.8 Å². The zero-order valence-electron chi connectivity index (χ0n) is 19.2. The van der Waals surface area contributed by atoms with Crippen LogP contribution in [0.5, 0.6) is 5.88 Å². The molecule has 1 saturated heterocycles. The lowest BCUT2D eigenvalue weighted by Gasteiger charge is -2.35. The predicted molar refractivity (Wildman–Crippen MR) is 118 cm³/mol. The fourth-order valence-electron chi connectivity index (χ4n) is 3.94. The average molecular weight is 497 g/mol. The number of ether oxygens (including phenoxy) is 1. The maximum Gasteiger partial charge on any atom is 0.411 e. The highest BCUT2D eigenvalue weighted by atomic mass is 19.4. The molecule has 0 spiro atoms. The standard InChI is InChI=1S/C22H26F3N5O5/c1-12(2)10-29-19-13(3-6-16(31)28-7-8-35-11-15(28)22(23,24)25)9-26-30(19)21(34)17(20(29)33)18(32)27-14-4-5-14/h3,6,9,12,14-15,34H,4-5,7-8,10-11H2,1-2H3,(H,27,32). The van der Waals surface area contributed by atoms with E-state index in [1.165, 1.54) is 16.8 Å². The van der Waals surface area contributed by atoms with Gasteiger partial charge in [0, 0.05) is 30.8 Å². The third-order valence-electron chi connectivity index (χ3n) is 5.79. The van der Waals surface area contributed by atoms with Crippen LogP contribution in [0.1, 0.15) is 42.6 Å². The van der Waals surface area contributed by atoms with E-state index in [4.69, 9.17) is 4.74 Å². The van der Waals surface area contributed by atoms with E-state index in [2.05, 4.69) is 10.4 Å². The van der Waals surface area contributed by atoms with Crippen molar-refractivity contribution in [1.82, 2.24) is 24.4 Å². The second kappa shape index (κ2) is 9.36. The topological polar surface area (TPSA) is 118 Å². The normalized spacial score (nSPS) is 19.1. The van der Waals surface area contributed by atoms with E-state index in [0.29, 0.717) is 4.90 Å². The number of fused-ring (bicyclic) bond motifs is 1. The summed E-state index contributed by atoms with van der Waals surface area (Å²) in [5.41, 5.74) is -0.838. The van der Waals surface area contributed by atoms with Crippen LogP contribution in [0.15, 0.2) is 17.1 Å². The maximum atomic E-state index is 13.3. The summed E-state index contributed by atoms with van der Waals surface area (Å²) >= 11 is 0. The molecule has 1 atom stereocenters. The van der Waals surface area contributed by atoms with Gasteiger partial charge in [-0.15, -0.1) is 0 Å². The van der Waals surface area contributed by atoms with Crippen molar-refractivity contribution in [2.24, 2.45) is 5.92 Å². The van der Waals surface area contributed by atoms with Gasteiger partial charge in [0.1, 0.15) is 5.65 Å². The highest BCUT2D eigenvalue weighted by Crippen LogP contribution is 2.28. The number of rotatable bonds is 6. The molecule has 3 heterocycles. The first kappa shape index (κ1) is 24.8. The van der Waals surface area contributed by atoms with E-state index in [1.54, 1.807) is 0 Å². The monoisotopic (exact) mass is 497 g/mol. The number of alkyl halides is 3. The minimum atomic E-state index is -4.64. The first-order valence-electron chi connectivity index (χ1n) is 11.3. The Labute approximate surface area is 198 Å². The molecule has 35 heavy (non-hydrogen) atoms. The average Bonchev–Trinajstić information content (AvgIpc) is 3.49. The molecule has 2 N–H and O–H groups in total. The molecule has 2 fully saturated rings. The van der Waals surface area contributed by atoms with Gasteiger partial charge < -0.3 is 20.1 Å². The van der Waals surface area contributed by atoms with Crippen molar-refractivity contribution in [3.05, 3.63) is 33.8 Å². The van der Waals surface area contributed by atoms with Gasteiger partial charge in [0.15, 0.2) is 11.6 Å². The molecule has 1 unspecified atom stereocenters. The van der Waals surface area contributed by atoms with Crippen molar-refractivity contribution in [1.29, 1.82) is 0 Å². The van der Waals surface area contributed by atoms with Crippen molar-refractivity contribution in [3.8, 4) is 5.88 Å². The fraction of sp³-hybridized carbons (Fsp3) is 0.545. The highest BCUT2D eigenvalue weighted by Gasteiger charge is 2.46. The van der Waals surface area contributed by atoms with Crippen LogP contribution in [0, 0.1) is 5.92 Å². The largest absolute Gasteiger partial charge is 0.492 e. The number of morpholine rings is 1. The lowest BCUT2D eigenvalue weighted by molar-refractivity contribution is -0.211. The van der Waals surface area contributed by atoms with Gasteiger partial charge in [0.25, 0.3) is 11.5 Å². The Kier molecular flexibility index (Phi) is 6.62. The Morgan fingerprint density at radius 3 is 2.69 bits per heavy atom. The van der Waals surface area contributed by atoms with E-state index in [0.717, 1.165) is 23.4 Å². The summed E-state index contributed by atoms with van der Waals surface area (Å²) in [6, 6.07) is -2.11. The Hall–Kier alpha value is -3.35. The number of carbonyl (C=O) groups excluding carboxylic acids is 2. The lowest BCUT2D eigenvalue weighted by Crippen LogP contribution is -2.55. The Bertz CT molecular complexity index is 1230. The van der Waals surface area contributed by atoms with Gasteiger partial charge in [-0.2, -0.15) is 22.8 Å². The molecule has 1 aliphatic carbocycles. The number of nitrogens with one attached hydrogen (secondary N) is 1. The number of hydrogen-bond donors (Lipinski definition) is 2. The lowest BCUT2D eigenvalue weighted by atomic mass is 10.2. The van der Waals surface area contributed by atoms with Crippen molar-refractivity contribution in [2.75, 3.05) is 19.8 Å². The molecule has 0 bridgehead atoms. The third-order valence-corrected chi connectivity index (χ3v) is 5.79. The molecule has 10 nitrogen and oxygen atoms in total. The maximum absolute atomic E-state index is 13.3. The summed E-state index contributed by atoms with van der Waals surface area (Å²) in [5, 5.41) is 17.4. The van der Waals surface area contributed by atoms with Gasteiger partial charge in [-0.25, -0.2) is 0 Å². The first-order chi connectivity index (χ1) is 16.5. The molecule has 0 aromatic carbocycles. The molecule has 0 radical (unpaired) electrons. The summed E-state index contributed by atoms with van der Waals surface area (Å²) < 4.78 is 47.1. The molecular weight excluding hydrogens is 471 g/mol. The molecule has 4 rings (SSSR count). The van der Waals surface area contributed by atoms with Crippen LogP contribution in [0.3, 0.4) is 0 Å². The molecule has 2 amide bonds. The number of hydrogen-bond acceptors (Lipinski definition) is 6. The zero-order chi connectivity index (χ0) is 25.5. The molecule has 190 valence electrons. The van der Waals surface area contributed by atoms with Crippen LogP contribution >= 0.6 is 0 Å². The van der Waals surface area contributed by atoms with Gasteiger partial charge >= 0.3 is 6.18 Å². The molecule has 2 aliphatic rings. The van der Waals surface area contributed by atoms with E-state index in [9.17, 15) is 32.7 Å². The fourth-order valence-corrected chi connectivity index (χ4v) is 3.94. The van der Waals surface area contributed by atoms with E-state index in [-0.39, 0.29) is 42.9 Å². The molecule has 2 aromatic heterocycles. The summed E-state index contributed by atoms with van der Waals surface area (Å²) in [6.07, 6.45) is 0.410. The predicted octanol–water partition coefficient (Wildman–Crippen LogP) is 1.55. The van der Waals surface area contributed by atoms with Gasteiger partial charge in [-0.3, -0.25) is 19.0 Å². The van der Waals surface area contributed by atoms with Crippen LogP contribution in [0.25, 0.3) is 11.7 Å². The molecule has 13 heteroatoms. The quantitative estimate of drug-likeness (QED) is 0.585. The first-order valence-corrected chi connectivity index (χ1v) is 11.3. The van der Waals surface area contributed by atoms with E-state index < -0.39 is 47.6 Å². The van der Waals surface area contributed by atoms with Crippen molar-refractivity contribution in [3.63, 3.8) is 0 Å². The minimum Gasteiger partial charge on any atom is -0.492 e. The number of amides is 2. The SMILES string of the molecule is CC(C)Cn1c(=O)c(C(=O)NC2CC2)c(O)n2ncc(C=CC(=O)N3CCOCC3C(F)(F)F)c12. The second-order valence-electron chi connectivity index (χ2n) is 9.09. The second-order valence-corrected chi connectivity index (χ2v) is 9.09. The molecule has 1 aliphatic heterocycles. The summed E-state index contributed by atoms with van der Waals surface area (Å²) in [6.45, 7) is 2.99. The molecule has 2 aromatic rings. The Balaban J connectivity index is 1.73. The third kappa shape index (κ3) is 5.04. The smallest absolute Gasteiger partial charge is 0.411 e. The van der Waals surface area contributed by atoms with Crippen LogP contribution in [0.2, 0.25) is 0 Å². The van der Waals surface area contributed by atoms with Crippen LogP contribution < -0.4 is 10.9 Å². The van der Waals surface area contributed by atoms with Gasteiger partial charge in [-0.1, -0.05) is 13.8 Å². The number of nitrogens with zero attached hydrogens (tertiary/aromatic N) is 4. The minimum absolute atomic E-state index is 0.0175. The number of aromatic hydroxyl groups is 1. The zero-order valence-corrected chi connectivity index (χ0v) is 19.2. The van der Waals surface area contributed by atoms with Crippen molar-refractivity contribution < 1.29 is 32.6 Å². The highest BCUT2D eigenvalue weighted by molar-refractivity contribution is 5.97. The van der Waals surface area contributed by atoms with E-state index >= 15 is 0 Å². The number of halogens is 3. The van der Waals surface area contributed by atoms with Gasteiger partial charge in [0.05, 0.1) is 19.4 Å².